The molecular formula is C16H20N2O2. The average Bonchev–Trinajstić information content (AvgIpc) is 2.92. The third-order valence-electron chi connectivity index (χ3n) is 6.50. The van der Waals surface area contributed by atoms with Gasteiger partial charge < -0.3 is 10.1 Å². The number of rotatable bonds is 2. The van der Waals surface area contributed by atoms with Crippen molar-refractivity contribution in [2.45, 2.75) is 38.7 Å². The Bertz CT molecular complexity index is 575. The molecule has 4 nitrogen and oxygen atoms in total. The fourth-order valence-corrected chi connectivity index (χ4v) is 4.92. The first-order chi connectivity index (χ1) is 9.52. The Kier molecular flexibility index (Phi) is 2.23. The van der Waals surface area contributed by atoms with Gasteiger partial charge in [-0.3, -0.25) is 9.78 Å². The Morgan fingerprint density at radius 3 is 2.80 bits per heavy atom. The lowest BCUT2D eigenvalue weighted by atomic mass is 9.66. The van der Waals surface area contributed by atoms with Gasteiger partial charge in [0.05, 0.1) is 6.61 Å². The van der Waals surface area contributed by atoms with Crippen molar-refractivity contribution < 1.29 is 9.53 Å². The Morgan fingerprint density at radius 2 is 2.15 bits per heavy atom. The summed E-state index contributed by atoms with van der Waals surface area (Å²) in [4.78, 5) is 16.9. The average molecular weight is 272 g/mol. The van der Waals surface area contributed by atoms with Crippen LogP contribution in [0.1, 0.15) is 33.1 Å². The maximum absolute atomic E-state index is 12.9. The van der Waals surface area contributed by atoms with Crippen molar-refractivity contribution in [3.63, 3.8) is 0 Å². The van der Waals surface area contributed by atoms with E-state index in [1.807, 2.05) is 12.1 Å². The third kappa shape index (κ3) is 1.17. The molecule has 1 aliphatic heterocycles. The SMILES string of the molecule is CC12COC3(C(=O)Nc4ccncc4)CC1CCC32C. The zero-order valence-corrected chi connectivity index (χ0v) is 12.0. The quantitative estimate of drug-likeness (QED) is 0.900. The van der Waals surface area contributed by atoms with E-state index in [1.165, 1.54) is 6.42 Å². The first-order valence-corrected chi connectivity index (χ1v) is 7.37. The van der Waals surface area contributed by atoms with E-state index >= 15 is 0 Å². The maximum Gasteiger partial charge on any atom is 0.257 e. The monoisotopic (exact) mass is 272 g/mol. The van der Waals surface area contributed by atoms with Crippen LogP contribution in [0.3, 0.4) is 0 Å². The zero-order valence-electron chi connectivity index (χ0n) is 12.0. The number of amides is 1. The number of aromatic nitrogens is 1. The molecule has 0 spiro atoms. The number of anilines is 1. The van der Waals surface area contributed by atoms with Crippen LogP contribution in [0.5, 0.6) is 0 Å². The Hall–Kier alpha value is -1.42. The van der Waals surface area contributed by atoms with E-state index in [1.54, 1.807) is 12.4 Å². The van der Waals surface area contributed by atoms with Gasteiger partial charge in [-0.05, 0) is 37.3 Å². The molecule has 1 saturated heterocycles. The molecule has 2 saturated carbocycles. The third-order valence-corrected chi connectivity index (χ3v) is 6.50. The second-order valence-electron chi connectivity index (χ2n) is 6.99. The summed E-state index contributed by atoms with van der Waals surface area (Å²) >= 11 is 0. The van der Waals surface area contributed by atoms with E-state index in [9.17, 15) is 4.79 Å². The first-order valence-electron chi connectivity index (χ1n) is 7.37. The number of carbonyl (C=O) groups is 1. The van der Waals surface area contributed by atoms with Gasteiger partial charge in [-0.25, -0.2) is 0 Å². The van der Waals surface area contributed by atoms with E-state index in [0.717, 1.165) is 25.1 Å². The molecule has 4 atom stereocenters. The van der Waals surface area contributed by atoms with E-state index in [-0.39, 0.29) is 16.7 Å². The lowest BCUT2D eigenvalue weighted by molar-refractivity contribution is -0.149. The van der Waals surface area contributed by atoms with Gasteiger partial charge in [0.25, 0.3) is 5.91 Å². The summed E-state index contributed by atoms with van der Waals surface area (Å²) in [7, 11) is 0. The smallest absolute Gasteiger partial charge is 0.257 e. The molecule has 1 amide bonds. The molecule has 3 fully saturated rings. The highest BCUT2D eigenvalue weighted by atomic mass is 16.5. The molecule has 0 aromatic carbocycles. The molecule has 1 N–H and O–H groups in total. The Labute approximate surface area is 118 Å². The van der Waals surface area contributed by atoms with Crippen molar-refractivity contribution in [2.24, 2.45) is 16.7 Å². The summed E-state index contributed by atoms with van der Waals surface area (Å²) in [6, 6.07) is 3.64. The predicted octanol–water partition coefficient (Wildman–Crippen LogP) is 2.62. The van der Waals surface area contributed by atoms with Gasteiger partial charge in [-0.1, -0.05) is 13.8 Å². The molecule has 2 aliphatic carbocycles. The van der Waals surface area contributed by atoms with Crippen LogP contribution in [0, 0.1) is 16.7 Å². The van der Waals surface area contributed by atoms with Crippen molar-refractivity contribution in [3.05, 3.63) is 24.5 Å². The number of nitrogens with zero attached hydrogens (tertiary/aromatic N) is 1. The van der Waals surface area contributed by atoms with Crippen molar-refractivity contribution in [2.75, 3.05) is 11.9 Å². The predicted molar refractivity (Wildman–Crippen MR) is 75.1 cm³/mol. The van der Waals surface area contributed by atoms with Gasteiger partial charge in [-0.15, -0.1) is 0 Å². The summed E-state index contributed by atoms with van der Waals surface area (Å²) < 4.78 is 6.09. The van der Waals surface area contributed by atoms with Crippen LogP contribution in [-0.4, -0.2) is 23.1 Å². The van der Waals surface area contributed by atoms with Crippen molar-refractivity contribution in [3.8, 4) is 0 Å². The minimum Gasteiger partial charge on any atom is -0.364 e. The van der Waals surface area contributed by atoms with Crippen LogP contribution >= 0.6 is 0 Å². The second kappa shape index (κ2) is 3.61. The highest BCUT2D eigenvalue weighted by molar-refractivity contribution is 5.99. The lowest BCUT2D eigenvalue weighted by Gasteiger charge is -2.39. The highest BCUT2D eigenvalue weighted by Gasteiger charge is 2.78. The second-order valence-corrected chi connectivity index (χ2v) is 6.99. The van der Waals surface area contributed by atoms with Crippen molar-refractivity contribution in [1.29, 1.82) is 0 Å². The van der Waals surface area contributed by atoms with Crippen molar-refractivity contribution in [1.82, 2.24) is 4.98 Å². The summed E-state index contributed by atoms with van der Waals surface area (Å²) in [5.41, 5.74) is 0.307. The fraction of sp³-hybridized carbons (Fsp3) is 0.625. The van der Waals surface area contributed by atoms with Crippen LogP contribution < -0.4 is 5.32 Å². The summed E-state index contributed by atoms with van der Waals surface area (Å²) in [6.45, 7) is 5.27. The Balaban J connectivity index is 1.68. The van der Waals surface area contributed by atoms with Crippen LogP contribution in [0.25, 0.3) is 0 Å². The number of nitrogens with one attached hydrogen (secondary N) is 1. The topological polar surface area (TPSA) is 51.2 Å². The number of hydrogen-bond donors (Lipinski definition) is 1. The van der Waals surface area contributed by atoms with E-state index < -0.39 is 5.60 Å². The molecule has 4 heteroatoms. The summed E-state index contributed by atoms with van der Waals surface area (Å²) in [5, 5.41) is 3.03. The molecule has 106 valence electrons. The summed E-state index contributed by atoms with van der Waals surface area (Å²) in [5.74, 6) is 0.654. The molecule has 1 aromatic rings. The summed E-state index contributed by atoms with van der Waals surface area (Å²) in [6.07, 6.45) is 6.58. The lowest BCUT2D eigenvalue weighted by Crippen LogP contribution is -2.52. The molecule has 2 heterocycles. The molecule has 4 bridgehead atoms. The standard InChI is InChI=1S/C16H20N2O2/c1-14-10-20-16(9-11(14)3-6-15(14,16)2)13(19)18-12-4-7-17-8-5-12/h4-5,7-8,11H,3,6,9-10H2,1-2H3,(H,17,18,19). The van der Waals surface area contributed by atoms with Gasteiger partial charge in [0.2, 0.25) is 0 Å². The number of ether oxygens (including phenoxy) is 1. The number of pyridine rings is 1. The zero-order chi connectivity index (χ0) is 14.0. The maximum atomic E-state index is 12.9. The molecule has 4 unspecified atom stereocenters. The van der Waals surface area contributed by atoms with E-state index in [0.29, 0.717) is 5.92 Å². The molecule has 3 aliphatic rings. The number of hydrogen-bond acceptors (Lipinski definition) is 3. The first kappa shape index (κ1) is 12.3. The minimum absolute atomic E-state index is 0.0251. The largest absolute Gasteiger partial charge is 0.364 e. The molecule has 1 aromatic heterocycles. The van der Waals surface area contributed by atoms with E-state index in [2.05, 4.69) is 24.1 Å². The molecule has 4 rings (SSSR count). The van der Waals surface area contributed by atoms with Crippen LogP contribution in [0.15, 0.2) is 24.5 Å². The van der Waals surface area contributed by atoms with Crippen LogP contribution in [0.2, 0.25) is 0 Å². The van der Waals surface area contributed by atoms with Gasteiger partial charge in [0, 0.05) is 28.9 Å². The van der Waals surface area contributed by atoms with Gasteiger partial charge >= 0.3 is 0 Å². The highest BCUT2D eigenvalue weighted by Crippen LogP contribution is 2.75. The number of carbonyl (C=O) groups excluding carboxylic acids is 1. The van der Waals surface area contributed by atoms with Gasteiger partial charge in [0.1, 0.15) is 0 Å². The van der Waals surface area contributed by atoms with Crippen LogP contribution in [0.4, 0.5) is 5.69 Å². The van der Waals surface area contributed by atoms with Gasteiger partial charge in [0.15, 0.2) is 5.60 Å². The molecule has 0 radical (unpaired) electrons. The normalized spacial score (nSPS) is 44.8. The van der Waals surface area contributed by atoms with Crippen molar-refractivity contribution >= 4 is 11.6 Å². The van der Waals surface area contributed by atoms with Gasteiger partial charge in [-0.2, -0.15) is 0 Å². The van der Waals surface area contributed by atoms with E-state index in [4.69, 9.17) is 4.74 Å². The van der Waals surface area contributed by atoms with Crippen LogP contribution in [-0.2, 0) is 9.53 Å². The fourth-order valence-electron chi connectivity index (χ4n) is 4.92. The molecular weight excluding hydrogens is 252 g/mol. The Morgan fingerprint density at radius 1 is 1.40 bits per heavy atom. The minimum atomic E-state index is -0.631. The molecule has 20 heavy (non-hydrogen) atoms.